The molecular formula is C11H12N4O4. The lowest BCUT2D eigenvalue weighted by atomic mass is 10.0. The molecule has 19 heavy (non-hydrogen) atoms. The van der Waals surface area contributed by atoms with Crippen molar-refractivity contribution in [2.75, 3.05) is 0 Å². The number of aromatic nitrogens is 4. The number of hydrogen-bond donors (Lipinski definition) is 2. The van der Waals surface area contributed by atoms with Gasteiger partial charge in [0, 0.05) is 18.9 Å². The minimum atomic E-state index is -0.866. The van der Waals surface area contributed by atoms with Gasteiger partial charge >= 0.3 is 5.97 Å². The van der Waals surface area contributed by atoms with Gasteiger partial charge in [0.05, 0.1) is 0 Å². The molecule has 100 valence electrons. The van der Waals surface area contributed by atoms with E-state index in [1.54, 1.807) is 6.92 Å². The van der Waals surface area contributed by atoms with Crippen molar-refractivity contribution in [1.29, 1.82) is 0 Å². The van der Waals surface area contributed by atoms with E-state index in [1.807, 2.05) is 0 Å². The predicted octanol–water partition coefficient (Wildman–Crippen LogP) is 0.473. The molecule has 8 heteroatoms. The van der Waals surface area contributed by atoms with Crippen LogP contribution in [0.5, 0.6) is 0 Å². The third-order valence-electron chi connectivity index (χ3n) is 2.41. The van der Waals surface area contributed by atoms with E-state index in [4.69, 9.17) is 9.52 Å². The van der Waals surface area contributed by atoms with E-state index >= 15 is 0 Å². The van der Waals surface area contributed by atoms with Gasteiger partial charge in [-0.1, -0.05) is 6.92 Å². The van der Waals surface area contributed by atoms with Crippen molar-refractivity contribution in [2.24, 2.45) is 5.92 Å². The van der Waals surface area contributed by atoms with E-state index in [9.17, 15) is 9.59 Å². The van der Waals surface area contributed by atoms with Crippen molar-refractivity contribution in [2.45, 2.75) is 19.8 Å². The van der Waals surface area contributed by atoms with Crippen molar-refractivity contribution in [3.8, 4) is 11.6 Å². The lowest BCUT2D eigenvalue weighted by Crippen LogP contribution is -2.07. The van der Waals surface area contributed by atoms with Gasteiger partial charge in [0.1, 0.15) is 5.69 Å². The second-order valence-corrected chi connectivity index (χ2v) is 4.21. The molecule has 0 fully saturated rings. The summed E-state index contributed by atoms with van der Waals surface area (Å²) in [5.41, 5.74) is 0.0443. The Morgan fingerprint density at radius 2 is 2.26 bits per heavy atom. The van der Waals surface area contributed by atoms with Gasteiger partial charge in [-0.2, -0.15) is 5.10 Å². The molecule has 0 aliphatic rings. The summed E-state index contributed by atoms with van der Waals surface area (Å²) in [4.78, 5) is 21.4. The number of H-pyrrole nitrogens is 1. The van der Waals surface area contributed by atoms with Crippen LogP contribution < -0.4 is 5.56 Å². The van der Waals surface area contributed by atoms with Crippen LogP contribution in [0.2, 0.25) is 0 Å². The fraction of sp³-hybridized carbons (Fsp3) is 0.364. The van der Waals surface area contributed by atoms with Crippen LogP contribution in [0, 0.1) is 5.92 Å². The maximum atomic E-state index is 10.9. The van der Waals surface area contributed by atoms with E-state index in [-0.39, 0.29) is 23.8 Å². The van der Waals surface area contributed by atoms with E-state index in [0.29, 0.717) is 18.0 Å². The number of carboxylic acid groups (broad SMARTS) is 1. The van der Waals surface area contributed by atoms with Crippen molar-refractivity contribution in [1.82, 2.24) is 20.4 Å². The summed E-state index contributed by atoms with van der Waals surface area (Å²) in [6, 6.07) is 2.77. The maximum Gasteiger partial charge on any atom is 0.303 e. The van der Waals surface area contributed by atoms with E-state index in [2.05, 4.69) is 20.4 Å². The first-order valence-corrected chi connectivity index (χ1v) is 5.65. The third-order valence-corrected chi connectivity index (χ3v) is 2.41. The van der Waals surface area contributed by atoms with Crippen LogP contribution >= 0.6 is 0 Å². The normalized spacial score (nSPS) is 12.3. The fourth-order valence-electron chi connectivity index (χ4n) is 1.57. The Kier molecular flexibility index (Phi) is 3.69. The number of hydrogen-bond acceptors (Lipinski definition) is 6. The standard InChI is InChI=1S/C11H12N4O4/c1-6(5-10(17)18)4-9-14-15-11(19-9)7-2-3-8(16)13-12-7/h2-3,6H,4-5H2,1H3,(H,13,16)(H,17,18). The Labute approximate surface area is 107 Å². The molecule has 1 unspecified atom stereocenters. The molecule has 0 saturated carbocycles. The molecule has 0 aliphatic heterocycles. The molecule has 2 aromatic heterocycles. The first-order valence-electron chi connectivity index (χ1n) is 5.65. The molecule has 0 spiro atoms. The highest BCUT2D eigenvalue weighted by atomic mass is 16.4. The molecular weight excluding hydrogens is 252 g/mol. The zero-order valence-corrected chi connectivity index (χ0v) is 10.2. The molecule has 0 aliphatic carbocycles. The average Bonchev–Trinajstić information content (AvgIpc) is 2.77. The molecule has 2 heterocycles. The van der Waals surface area contributed by atoms with E-state index in [0.717, 1.165) is 0 Å². The predicted molar refractivity (Wildman–Crippen MR) is 63.3 cm³/mol. The molecule has 2 N–H and O–H groups in total. The van der Waals surface area contributed by atoms with Crippen molar-refractivity contribution in [3.63, 3.8) is 0 Å². The molecule has 2 aromatic rings. The highest BCUT2D eigenvalue weighted by Crippen LogP contribution is 2.16. The van der Waals surface area contributed by atoms with Crippen LogP contribution in [0.1, 0.15) is 19.2 Å². The second-order valence-electron chi connectivity index (χ2n) is 4.21. The van der Waals surface area contributed by atoms with Gasteiger partial charge in [0.25, 0.3) is 11.4 Å². The first-order chi connectivity index (χ1) is 9.04. The van der Waals surface area contributed by atoms with Gasteiger partial charge in [0.2, 0.25) is 5.89 Å². The zero-order valence-electron chi connectivity index (χ0n) is 10.2. The summed E-state index contributed by atoms with van der Waals surface area (Å²) < 4.78 is 5.36. The minimum Gasteiger partial charge on any atom is -0.481 e. The Hall–Kier alpha value is -2.51. The number of carboxylic acids is 1. The number of rotatable bonds is 5. The summed E-state index contributed by atoms with van der Waals surface area (Å²) in [7, 11) is 0. The van der Waals surface area contributed by atoms with Crippen LogP contribution in [0.25, 0.3) is 11.6 Å². The molecule has 0 aromatic carbocycles. The van der Waals surface area contributed by atoms with Crippen LogP contribution in [-0.4, -0.2) is 31.5 Å². The van der Waals surface area contributed by atoms with Crippen LogP contribution in [0.4, 0.5) is 0 Å². The molecule has 0 radical (unpaired) electrons. The zero-order chi connectivity index (χ0) is 13.8. The van der Waals surface area contributed by atoms with Gasteiger partial charge in [-0.15, -0.1) is 10.2 Å². The van der Waals surface area contributed by atoms with Gasteiger partial charge < -0.3 is 9.52 Å². The Balaban J connectivity index is 2.08. The highest BCUT2D eigenvalue weighted by molar-refractivity contribution is 5.66. The van der Waals surface area contributed by atoms with Crippen molar-refractivity contribution < 1.29 is 14.3 Å². The molecule has 0 amide bonds. The fourth-order valence-corrected chi connectivity index (χ4v) is 1.57. The molecule has 8 nitrogen and oxygen atoms in total. The van der Waals surface area contributed by atoms with Crippen LogP contribution in [0.3, 0.4) is 0 Å². The van der Waals surface area contributed by atoms with Crippen molar-refractivity contribution >= 4 is 5.97 Å². The Morgan fingerprint density at radius 3 is 2.89 bits per heavy atom. The van der Waals surface area contributed by atoms with Gasteiger partial charge in [0.15, 0.2) is 0 Å². The second kappa shape index (κ2) is 5.42. The summed E-state index contributed by atoms with van der Waals surface area (Å²) in [6.45, 7) is 1.79. The average molecular weight is 264 g/mol. The highest BCUT2D eigenvalue weighted by Gasteiger charge is 2.14. The number of aliphatic carboxylic acids is 1. The smallest absolute Gasteiger partial charge is 0.303 e. The van der Waals surface area contributed by atoms with Crippen LogP contribution in [-0.2, 0) is 11.2 Å². The topological polar surface area (TPSA) is 122 Å². The maximum absolute atomic E-state index is 10.9. The molecule has 0 saturated heterocycles. The van der Waals surface area contributed by atoms with Crippen LogP contribution in [0.15, 0.2) is 21.3 Å². The lowest BCUT2D eigenvalue weighted by molar-refractivity contribution is -0.137. The summed E-state index contributed by atoms with van der Waals surface area (Å²) in [6.07, 6.45) is 0.414. The number of nitrogens with zero attached hydrogens (tertiary/aromatic N) is 3. The first kappa shape index (κ1) is 12.9. The van der Waals surface area contributed by atoms with E-state index in [1.165, 1.54) is 12.1 Å². The largest absolute Gasteiger partial charge is 0.481 e. The minimum absolute atomic E-state index is 0.0363. The summed E-state index contributed by atoms with van der Waals surface area (Å²) in [5, 5.41) is 22.3. The Morgan fingerprint density at radius 1 is 1.47 bits per heavy atom. The van der Waals surface area contributed by atoms with Gasteiger partial charge in [-0.05, 0) is 12.0 Å². The quantitative estimate of drug-likeness (QED) is 0.804. The van der Waals surface area contributed by atoms with E-state index < -0.39 is 5.97 Å². The molecule has 1 atom stereocenters. The summed E-state index contributed by atoms with van der Waals surface area (Å²) >= 11 is 0. The molecule has 2 rings (SSSR count). The third kappa shape index (κ3) is 3.47. The monoisotopic (exact) mass is 264 g/mol. The SMILES string of the molecule is CC(CC(=O)O)Cc1nnc(-c2ccc(=O)[nH]n2)o1. The summed E-state index contributed by atoms with van der Waals surface area (Å²) in [5.74, 6) is -0.436. The van der Waals surface area contributed by atoms with Gasteiger partial charge in [-0.25, -0.2) is 5.10 Å². The number of nitrogens with one attached hydrogen (secondary N) is 1. The Bertz CT molecular complexity index is 613. The lowest BCUT2D eigenvalue weighted by Gasteiger charge is -2.03. The molecule has 0 bridgehead atoms. The van der Waals surface area contributed by atoms with Crippen molar-refractivity contribution in [3.05, 3.63) is 28.4 Å². The number of carbonyl (C=O) groups is 1. The number of aromatic amines is 1. The van der Waals surface area contributed by atoms with Gasteiger partial charge in [-0.3, -0.25) is 9.59 Å².